The summed E-state index contributed by atoms with van der Waals surface area (Å²) >= 11 is 0. The van der Waals surface area contributed by atoms with E-state index in [4.69, 9.17) is 0 Å². The van der Waals surface area contributed by atoms with Crippen LogP contribution in [0.3, 0.4) is 0 Å². The second-order valence-corrected chi connectivity index (χ2v) is 3.69. The molecule has 0 radical (unpaired) electrons. The molecule has 2 rings (SSSR count). The highest BCUT2D eigenvalue weighted by atomic mass is 15.1. The van der Waals surface area contributed by atoms with Crippen molar-refractivity contribution in [2.75, 3.05) is 0 Å². The Hall–Kier alpha value is -1.57. The minimum absolute atomic E-state index is 1.06. The first-order chi connectivity index (χ1) is 6.68. The Balaban J connectivity index is 2.49. The molecule has 2 heteroatoms. The van der Waals surface area contributed by atoms with Crippen LogP contribution in [0.4, 0.5) is 0 Å². The number of aromatic nitrogens is 2. The van der Waals surface area contributed by atoms with Crippen LogP contribution in [0.15, 0.2) is 24.3 Å². The minimum Gasteiger partial charge on any atom is -0.282 e. The summed E-state index contributed by atoms with van der Waals surface area (Å²) in [6, 6.07) is 8.44. The molecule has 1 N–H and O–H groups in total. The normalized spacial score (nSPS) is 10.5. The molecule has 0 saturated heterocycles. The van der Waals surface area contributed by atoms with Gasteiger partial charge in [0.25, 0.3) is 0 Å². The van der Waals surface area contributed by atoms with Crippen LogP contribution < -0.4 is 0 Å². The van der Waals surface area contributed by atoms with Gasteiger partial charge in [-0.25, -0.2) is 0 Å². The van der Waals surface area contributed by atoms with Gasteiger partial charge in [-0.15, -0.1) is 0 Å². The lowest BCUT2D eigenvalue weighted by Gasteiger charge is -1.99. The average molecular weight is 186 g/mol. The van der Waals surface area contributed by atoms with Crippen molar-refractivity contribution in [2.24, 2.45) is 0 Å². The molecule has 1 heterocycles. The number of aromatic amines is 1. The fourth-order valence-corrected chi connectivity index (χ4v) is 1.48. The van der Waals surface area contributed by atoms with Crippen molar-refractivity contribution < 1.29 is 0 Å². The molecule has 1 aromatic carbocycles. The summed E-state index contributed by atoms with van der Waals surface area (Å²) in [5.74, 6) is 0. The summed E-state index contributed by atoms with van der Waals surface area (Å²) in [5, 5.41) is 7.29. The highest BCUT2D eigenvalue weighted by molar-refractivity contribution is 5.63. The fourth-order valence-electron chi connectivity index (χ4n) is 1.48. The lowest BCUT2D eigenvalue weighted by molar-refractivity contribution is 1.05. The maximum atomic E-state index is 4.29. The molecular weight excluding hydrogens is 172 g/mol. The molecule has 72 valence electrons. The molecule has 0 unspecified atom stereocenters. The molecule has 0 aliphatic heterocycles. The highest BCUT2D eigenvalue weighted by Crippen LogP contribution is 2.22. The monoisotopic (exact) mass is 186 g/mol. The lowest BCUT2D eigenvalue weighted by Crippen LogP contribution is -1.81. The van der Waals surface area contributed by atoms with Crippen LogP contribution in [0.2, 0.25) is 0 Å². The topological polar surface area (TPSA) is 28.7 Å². The number of H-pyrrole nitrogens is 1. The smallest absolute Gasteiger partial charge is 0.0952 e. The van der Waals surface area contributed by atoms with Crippen molar-refractivity contribution in [3.63, 3.8) is 0 Å². The van der Waals surface area contributed by atoms with Crippen LogP contribution in [0.1, 0.15) is 16.8 Å². The number of nitrogens with zero attached hydrogens (tertiary/aromatic N) is 1. The van der Waals surface area contributed by atoms with E-state index < -0.39 is 0 Å². The summed E-state index contributed by atoms with van der Waals surface area (Å²) in [6.07, 6.45) is 0. The van der Waals surface area contributed by atoms with E-state index in [-0.39, 0.29) is 0 Å². The third-order valence-corrected chi connectivity index (χ3v) is 2.58. The lowest BCUT2D eigenvalue weighted by atomic mass is 10.1. The Kier molecular flexibility index (Phi) is 2.12. The van der Waals surface area contributed by atoms with Crippen molar-refractivity contribution in [3.8, 4) is 11.3 Å². The molecule has 0 saturated carbocycles. The highest BCUT2D eigenvalue weighted by Gasteiger charge is 2.06. The molecule has 0 fully saturated rings. The molecule has 14 heavy (non-hydrogen) atoms. The Bertz CT molecular complexity index is 438. The van der Waals surface area contributed by atoms with Gasteiger partial charge in [0.05, 0.1) is 5.69 Å². The zero-order chi connectivity index (χ0) is 10.1. The maximum Gasteiger partial charge on any atom is 0.0952 e. The summed E-state index contributed by atoms with van der Waals surface area (Å²) < 4.78 is 0. The van der Waals surface area contributed by atoms with E-state index in [1.807, 2.05) is 6.92 Å². The summed E-state index contributed by atoms with van der Waals surface area (Å²) in [4.78, 5) is 0. The second kappa shape index (κ2) is 3.29. The van der Waals surface area contributed by atoms with Crippen LogP contribution in [0.25, 0.3) is 11.3 Å². The summed E-state index contributed by atoms with van der Waals surface area (Å²) in [5.41, 5.74) is 5.88. The fraction of sp³-hybridized carbons (Fsp3) is 0.250. The van der Waals surface area contributed by atoms with Gasteiger partial charge in [-0.2, -0.15) is 5.10 Å². The Morgan fingerprint density at radius 2 is 1.64 bits per heavy atom. The number of rotatable bonds is 1. The average Bonchev–Trinajstić information content (AvgIpc) is 2.50. The second-order valence-electron chi connectivity index (χ2n) is 3.69. The predicted octanol–water partition coefficient (Wildman–Crippen LogP) is 3.00. The van der Waals surface area contributed by atoms with Gasteiger partial charge in [-0.3, -0.25) is 5.10 Å². The van der Waals surface area contributed by atoms with Gasteiger partial charge in [0.1, 0.15) is 0 Å². The van der Waals surface area contributed by atoms with Gasteiger partial charge < -0.3 is 0 Å². The molecule has 0 aliphatic carbocycles. The molecule has 0 spiro atoms. The van der Waals surface area contributed by atoms with Gasteiger partial charge in [-0.1, -0.05) is 29.8 Å². The van der Waals surface area contributed by atoms with Gasteiger partial charge in [0.2, 0.25) is 0 Å². The quantitative estimate of drug-likeness (QED) is 0.728. The number of hydrogen-bond donors (Lipinski definition) is 1. The van der Waals surface area contributed by atoms with E-state index in [0.717, 1.165) is 11.4 Å². The standard InChI is InChI=1S/C12H14N2/c1-8-4-6-11(7-5-8)12-9(2)10(3)13-14-12/h4-7H,1-3H3,(H,13,14). The largest absolute Gasteiger partial charge is 0.282 e. The van der Waals surface area contributed by atoms with E-state index >= 15 is 0 Å². The minimum atomic E-state index is 1.06. The Morgan fingerprint density at radius 3 is 2.14 bits per heavy atom. The summed E-state index contributed by atoms with van der Waals surface area (Å²) in [7, 11) is 0. The molecule has 0 atom stereocenters. The first-order valence-electron chi connectivity index (χ1n) is 4.77. The molecule has 0 amide bonds. The molecular formula is C12H14N2. The van der Waals surface area contributed by atoms with E-state index in [1.165, 1.54) is 16.7 Å². The van der Waals surface area contributed by atoms with Gasteiger partial charge in [0, 0.05) is 11.3 Å². The van der Waals surface area contributed by atoms with E-state index in [2.05, 4.69) is 48.3 Å². The third kappa shape index (κ3) is 1.43. The number of nitrogens with one attached hydrogen (secondary N) is 1. The number of hydrogen-bond acceptors (Lipinski definition) is 1. The first-order valence-corrected chi connectivity index (χ1v) is 4.77. The van der Waals surface area contributed by atoms with Crippen LogP contribution in [-0.2, 0) is 0 Å². The number of aryl methyl sites for hydroxylation is 2. The predicted molar refractivity (Wildman–Crippen MR) is 58.2 cm³/mol. The van der Waals surface area contributed by atoms with Crippen LogP contribution in [0, 0.1) is 20.8 Å². The molecule has 0 bridgehead atoms. The van der Waals surface area contributed by atoms with E-state index in [0.29, 0.717) is 0 Å². The zero-order valence-corrected chi connectivity index (χ0v) is 8.76. The van der Waals surface area contributed by atoms with Crippen LogP contribution in [0.5, 0.6) is 0 Å². The zero-order valence-electron chi connectivity index (χ0n) is 8.76. The van der Waals surface area contributed by atoms with Gasteiger partial charge >= 0.3 is 0 Å². The molecule has 1 aromatic heterocycles. The van der Waals surface area contributed by atoms with Crippen molar-refractivity contribution in [3.05, 3.63) is 41.1 Å². The van der Waals surface area contributed by atoms with E-state index in [9.17, 15) is 0 Å². The third-order valence-electron chi connectivity index (χ3n) is 2.58. The SMILES string of the molecule is Cc1ccc(-c2n[nH]c(C)c2C)cc1. The van der Waals surface area contributed by atoms with Crippen molar-refractivity contribution in [2.45, 2.75) is 20.8 Å². The van der Waals surface area contributed by atoms with Crippen molar-refractivity contribution in [1.82, 2.24) is 10.2 Å². The van der Waals surface area contributed by atoms with Crippen LogP contribution >= 0.6 is 0 Å². The van der Waals surface area contributed by atoms with E-state index in [1.54, 1.807) is 0 Å². The van der Waals surface area contributed by atoms with Crippen molar-refractivity contribution >= 4 is 0 Å². The van der Waals surface area contributed by atoms with Gasteiger partial charge in [-0.05, 0) is 26.3 Å². The summed E-state index contributed by atoms with van der Waals surface area (Å²) in [6.45, 7) is 6.22. The molecule has 2 nitrogen and oxygen atoms in total. The molecule has 0 aliphatic rings. The van der Waals surface area contributed by atoms with Gasteiger partial charge in [0.15, 0.2) is 0 Å². The number of benzene rings is 1. The maximum absolute atomic E-state index is 4.29. The first kappa shape index (κ1) is 9.00. The van der Waals surface area contributed by atoms with Crippen LogP contribution in [-0.4, -0.2) is 10.2 Å². The Morgan fingerprint density at radius 1 is 1.00 bits per heavy atom. The molecule has 2 aromatic rings. The Labute approximate surface area is 84.0 Å². The van der Waals surface area contributed by atoms with Crippen molar-refractivity contribution in [1.29, 1.82) is 0 Å².